The summed E-state index contributed by atoms with van der Waals surface area (Å²) >= 11 is 0. The van der Waals surface area contributed by atoms with E-state index < -0.39 is 105 Å². The molecule has 0 bridgehead atoms. The maximum atomic E-state index is 14.2. The molecule has 0 aliphatic carbocycles. The number of aliphatic carboxylic acids is 4. The predicted molar refractivity (Wildman–Crippen MR) is 408 cm³/mol. The van der Waals surface area contributed by atoms with E-state index in [4.69, 9.17) is 42.8 Å². The number of carbonyl (C=O) groups excluding carboxylic acids is 9. The average Bonchev–Trinajstić information content (AvgIpc) is 1.55. The van der Waals surface area contributed by atoms with Gasteiger partial charge in [-0.3, -0.25) is 62.1 Å². The summed E-state index contributed by atoms with van der Waals surface area (Å²) in [4.78, 5) is 179. The molecule has 647 valence electrons. The molecule has 1 aromatic heterocycles. The van der Waals surface area contributed by atoms with Gasteiger partial charge in [-0.15, -0.1) is 5.10 Å². The number of fused-ring (bicyclic) bond motifs is 5. The van der Waals surface area contributed by atoms with Crippen LogP contribution in [0.2, 0.25) is 0 Å². The van der Waals surface area contributed by atoms with Crippen LogP contribution in [0.25, 0.3) is 22.5 Å². The molecule has 2 unspecified atom stereocenters. The number of carbonyl (C=O) groups is 13. The number of esters is 3. The second-order valence-corrected chi connectivity index (χ2v) is 28.1. The summed E-state index contributed by atoms with van der Waals surface area (Å²) in [5.74, 6) is -12.3. The number of nitrogens with zero attached hydrogens (tertiary/aromatic N) is 8. The number of methoxy groups -OCH3 is 3. The van der Waals surface area contributed by atoms with Crippen molar-refractivity contribution in [2.45, 2.75) is 115 Å². The van der Waals surface area contributed by atoms with Crippen molar-refractivity contribution in [3.8, 4) is 22.5 Å². The van der Waals surface area contributed by atoms with Crippen LogP contribution in [-0.2, 0) is 118 Å². The summed E-state index contributed by atoms with van der Waals surface area (Å²) in [6, 6.07) is 13.5. The Kier molecular flexibility index (Phi) is 46.8. The number of ketones is 1. The van der Waals surface area contributed by atoms with Gasteiger partial charge in [-0.1, -0.05) is 54.1 Å². The Morgan fingerprint density at radius 3 is 1.57 bits per heavy atom. The molecule has 3 aromatic rings. The number of Topliss-reactive ketones (excluding diaryl/α,β-unsaturated/α-hetero) is 1. The monoisotopic (exact) mass is 1810 g/mol. The molecule has 116 heavy (non-hydrogen) atoms. The molecule has 39 nitrogen and oxygen atoms in total. The van der Waals surface area contributed by atoms with Crippen LogP contribution in [0.3, 0.4) is 0 Å². The Bertz CT molecular complexity index is 3850. The van der Waals surface area contributed by atoms with E-state index in [1.165, 1.54) is 60.8 Å². The third-order valence-electron chi connectivity index (χ3n) is 17.5. The van der Waals surface area contributed by atoms with Crippen molar-refractivity contribution in [2.75, 3.05) is 138 Å². The van der Waals surface area contributed by atoms with Gasteiger partial charge in [0.15, 0.2) is 0 Å². The minimum atomic E-state index is -4.51. The van der Waals surface area contributed by atoms with Gasteiger partial charge in [0.2, 0.25) is 29.5 Å². The molecular formula is C75H105LuN12O27P. The first-order chi connectivity index (χ1) is 55.2. The minimum Gasteiger partial charge on any atom is -0.481 e. The van der Waals surface area contributed by atoms with Crippen LogP contribution in [0.5, 0.6) is 0 Å². The molecule has 5 rings (SSSR count). The number of nitrogens with one attached hydrogen (secondary N) is 4. The van der Waals surface area contributed by atoms with E-state index in [0.717, 1.165) is 16.8 Å². The molecule has 2 aliphatic rings. The van der Waals surface area contributed by atoms with Gasteiger partial charge in [0.05, 0.1) is 117 Å². The Morgan fingerprint density at radius 1 is 0.491 bits per heavy atom. The van der Waals surface area contributed by atoms with Gasteiger partial charge in [-0.2, -0.15) is 0 Å². The summed E-state index contributed by atoms with van der Waals surface area (Å²) in [5, 5.41) is 57.3. The molecule has 2 aliphatic heterocycles. The van der Waals surface area contributed by atoms with Crippen LogP contribution in [0.15, 0.2) is 98.1 Å². The van der Waals surface area contributed by atoms with Gasteiger partial charge >= 0.3 is 49.4 Å². The third kappa shape index (κ3) is 38.8. The summed E-state index contributed by atoms with van der Waals surface area (Å²) < 4.78 is 55.8. The number of unbranched alkanes of at least 4 members (excludes halogenated alkanes) is 2. The number of para-hydroxylation sites is 1. The zero-order valence-corrected chi connectivity index (χ0v) is 67.6. The van der Waals surface area contributed by atoms with Crippen molar-refractivity contribution in [3.05, 3.63) is 104 Å². The Balaban J connectivity index is 0.0000283. The molecule has 2 aromatic carbocycles. The van der Waals surface area contributed by atoms with Crippen LogP contribution < -0.4 is 26.2 Å². The molecule has 4 atom stereocenters. The molecule has 3 heterocycles. The van der Waals surface area contributed by atoms with E-state index in [-0.39, 0.29) is 216 Å². The number of hydrogen-bond acceptors (Lipinski definition) is 28. The van der Waals surface area contributed by atoms with Crippen LogP contribution in [-0.4, -0.2) is 276 Å². The van der Waals surface area contributed by atoms with E-state index in [2.05, 4.69) is 31.6 Å². The zero-order valence-electron chi connectivity index (χ0n) is 65.0. The van der Waals surface area contributed by atoms with Gasteiger partial charge < -0.3 is 109 Å². The summed E-state index contributed by atoms with van der Waals surface area (Å²) in [6.07, 6.45) is 11.0. The van der Waals surface area contributed by atoms with E-state index >= 15 is 0 Å². The van der Waals surface area contributed by atoms with Crippen molar-refractivity contribution in [3.63, 3.8) is 0 Å². The van der Waals surface area contributed by atoms with Crippen LogP contribution in [0.1, 0.15) is 102 Å². The van der Waals surface area contributed by atoms with E-state index in [9.17, 15) is 87.1 Å². The average molecular weight is 1810 g/mol. The molecule has 1 radical (unpaired) electrons. The molecule has 0 fully saturated rings. The van der Waals surface area contributed by atoms with Gasteiger partial charge in [-0.05, 0) is 56.6 Å². The maximum Gasteiger partial charge on any atom is 0.328 e. The zero-order chi connectivity index (χ0) is 83.9. The molecule has 9 N–H and O–H groups in total. The van der Waals surface area contributed by atoms with Crippen molar-refractivity contribution in [1.82, 2.24) is 55.9 Å². The van der Waals surface area contributed by atoms with Gasteiger partial charge in [-0.25, -0.2) is 9.48 Å². The number of anilines is 1. The number of benzene rings is 2. The molecule has 5 amide bonds. The molecule has 41 heteroatoms. The quantitative estimate of drug-likeness (QED) is 0.0170. The van der Waals surface area contributed by atoms with Gasteiger partial charge in [0.25, 0.3) is 0 Å². The van der Waals surface area contributed by atoms with E-state index in [0.29, 0.717) is 55.7 Å². The summed E-state index contributed by atoms with van der Waals surface area (Å²) in [5.41, 5.74) is 4.13. The number of carboxylic acids is 4. The predicted octanol–water partition coefficient (Wildman–Crippen LogP) is 3.18. The first kappa shape index (κ1) is 98.6. The fourth-order valence-electron chi connectivity index (χ4n) is 11.3. The van der Waals surface area contributed by atoms with Crippen molar-refractivity contribution in [1.29, 1.82) is 0 Å². The Morgan fingerprint density at radius 2 is 1.00 bits per heavy atom. The fourth-order valence-corrected chi connectivity index (χ4v) is 12.7. The van der Waals surface area contributed by atoms with E-state index in [1.54, 1.807) is 39.3 Å². The minimum absolute atomic E-state index is 0. The molecule has 0 saturated carbocycles. The van der Waals surface area contributed by atoms with E-state index in [1.807, 2.05) is 48.5 Å². The Labute approximate surface area is 700 Å². The number of aromatic nitrogens is 3. The summed E-state index contributed by atoms with van der Waals surface area (Å²) in [6.45, 7) is 2.01. The van der Waals surface area contributed by atoms with Gasteiger partial charge in [0.1, 0.15) is 43.7 Å². The van der Waals surface area contributed by atoms with Crippen LogP contribution in [0.4, 0.5) is 5.69 Å². The standard InChI is InChI=1S/C75H105N12O27P.Lu/c1-107-68(96)50-83-32-30-82(31-33-84(51-69(97)108-2)35-37-85(36-34-83)52-70(98)109-3)49-65(92)77-27-12-29-87-72-58-15-7-6-13-55(58)48-86(61-18-9-8-16-59(61)71(72)80-81-87)66(93)23-22-62(89)78-28-40-111-42-44-113-46-45-112-43-41-110-39-25-63(90)76-26-10-4-5-14-57(88)47-54(73(99)100)19-21-64(91)79-60(75(103)104)17-11-38-114-115(105,106)53-56(74(101)102)20-24-67(94)95;/h6-9,13,15-16,18,30-37,54,56,60H,4-5,10-12,14,17,19-29,38-53H2,1-3H3,(H,76,90)(H,77,92)(H,78,89)(H,79,91)(H,94,95)(H,99,100)(H,101,102)(H,103,104)(H,105,106);/t54-,56?,60+;/m1./s1/i;1+2. The number of hydrogen-bond donors (Lipinski definition) is 9. The molecule has 0 saturated heterocycles. The second-order valence-electron chi connectivity index (χ2n) is 26.2. The molecule has 0 spiro atoms. The third-order valence-corrected chi connectivity index (χ3v) is 19.0. The van der Waals surface area contributed by atoms with Crippen molar-refractivity contribution >= 4 is 90.4 Å². The van der Waals surface area contributed by atoms with Crippen molar-refractivity contribution in [2.24, 2.45) is 11.8 Å². The fraction of sp³-hybridized carbons (Fsp3) is 0.533. The first-order valence-corrected chi connectivity index (χ1v) is 39.1. The number of carboxylic acid groups (broad SMARTS) is 4. The second kappa shape index (κ2) is 55.0. The Hall–Kier alpha value is -9.73. The normalized spacial score (nSPS) is 13.7. The SMILES string of the molecule is COC(=O)CN1C=CN(CC(=O)NCCCn2nnc3c2-c2ccccc2CN(C(=O)CCC(=O)NCCOCCOCCOCCOCCC(=O)NCCCCCC(=O)C[C@@H](CCC(=O)N[C@@H](CCCOP(=O)(O)CC(CCC(=O)O)C(=O)O)C(=O)O)C(=O)O)c2ccccc2-3)C=CN(CC(=O)OC)C=CN(CC(=O)OC)C=C1.[177Lu]. The van der Waals surface area contributed by atoms with Gasteiger partial charge in [0, 0.05) is 169 Å². The van der Waals surface area contributed by atoms with Crippen LogP contribution in [0, 0.1) is 48.7 Å². The molecular weight excluding hydrogens is 1710 g/mol. The topological polar surface area (TPSA) is 509 Å². The number of amides is 5. The summed E-state index contributed by atoms with van der Waals surface area (Å²) in [7, 11) is -0.758. The largest absolute Gasteiger partial charge is 0.481 e. The van der Waals surface area contributed by atoms with Crippen molar-refractivity contribution < 1.29 is 167 Å². The number of rotatable bonds is 55. The first-order valence-electron chi connectivity index (χ1n) is 37.4. The maximum absolute atomic E-state index is 14.2. The smallest absolute Gasteiger partial charge is 0.328 e. The number of ether oxygens (including phenoxy) is 7. The van der Waals surface area contributed by atoms with Crippen LogP contribution >= 0.6 is 7.60 Å². The number of aryl methyl sites for hydroxylation is 1.